The van der Waals surface area contributed by atoms with Crippen LogP contribution in [0.15, 0.2) is 48.5 Å². The molecular formula is C23H21ClN2O3. The molecule has 0 bridgehead atoms. The average Bonchev–Trinajstić information content (AvgIpc) is 2.74. The van der Waals surface area contributed by atoms with Gasteiger partial charge in [0.25, 0.3) is 5.91 Å². The normalized spacial score (nSPS) is 14.2. The minimum atomic E-state index is -0.0441. The number of Topliss-reactive ketones (excluding diaryl/α,β-unsaturated/α-hetero) is 1. The molecule has 29 heavy (non-hydrogen) atoms. The summed E-state index contributed by atoms with van der Waals surface area (Å²) < 4.78 is 5.37. The summed E-state index contributed by atoms with van der Waals surface area (Å²) in [7, 11) is 0. The van der Waals surface area contributed by atoms with Crippen molar-refractivity contribution in [2.75, 3.05) is 26.3 Å². The third kappa shape index (κ3) is 4.16. The summed E-state index contributed by atoms with van der Waals surface area (Å²) in [5.41, 5.74) is 3.69. The molecule has 6 heteroatoms. The molecule has 0 atom stereocenters. The number of aromatic nitrogens is 1. The lowest BCUT2D eigenvalue weighted by molar-refractivity contribution is -0.116. The van der Waals surface area contributed by atoms with Crippen molar-refractivity contribution in [2.24, 2.45) is 0 Å². The molecule has 1 saturated heterocycles. The van der Waals surface area contributed by atoms with E-state index in [9.17, 15) is 9.59 Å². The maximum atomic E-state index is 13.2. The third-order valence-electron chi connectivity index (χ3n) is 5.02. The van der Waals surface area contributed by atoms with Crippen LogP contribution in [0.2, 0.25) is 5.02 Å². The number of pyridine rings is 1. The number of carbonyl (C=O) groups is 2. The number of hydrogen-bond donors (Lipinski definition) is 0. The first kappa shape index (κ1) is 19.6. The molecule has 1 amide bonds. The summed E-state index contributed by atoms with van der Waals surface area (Å²) in [6, 6.07) is 15.0. The Hall–Kier alpha value is -2.76. The molecule has 1 aromatic heterocycles. The highest BCUT2D eigenvalue weighted by atomic mass is 35.5. The van der Waals surface area contributed by atoms with Crippen molar-refractivity contribution in [1.29, 1.82) is 0 Å². The molecule has 0 aliphatic carbocycles. The van der Waals surface area contributed by atoms with Gasteiger partial charge in [-0.15, -0.1) is 0 Å². The Kier molecular flexibility index (Phi) is 5.60. The quantitative estimate of drug-likeness (QED) is 0.650. The molecule has 1 aliphatic heterocycles. The molecule has 5 nitrogen and oxygen atoms in total. The van der Waals surface area contributed by atoms with Crippen LogP contribution in [0, 0.1) is 0 Å². The molecule has 0 unspecified atom stereocenters. The van der Waals surface area contributed by atoms with E-state index >= 15 is 0 Å². The minimum absolute atomic E-state index is 0.0441. The summed E-state index contributed by atoms with van der Waals surface area (Å²) in [6.45, 7) is 3.79. The van der Waals surface area contributed by atoms with Gasteiger partial charge in [0.05, 0.1) is 35.0 Å². The molecule has 2 heterocycles. The molecule has 0 radical (unpaired) electrons. The number of rotatable bonds is 4. The first-order valence-corrected chi connectivity index (χ1v) is 9.96. The SMILES string of the molecule is CC(=O)Cc1ccc(-c2cc(C(=O)N3CCOCC3)c3cccc(Cl)c3n2)cc1. The summed E-state index contributed by atoms with van der Waals surface area (Å²) >= 11 is 6.42. The third-order valence-corrected chi connectivity index (χ3v) is 5.33. The van der Waals surface area contributed by atoms with E-state index in [1.807, 2.05) is 42.5 Å². The van der Waals surface area contributed by atoms with E-state index in [2.05, 4.69) is 0 Å². The minimum Gasteiger partial charge on any atom is -0.378 e. The van der Waals surface area contributed by atoms with E-state index in [0.717, 1.165) is 16.5 Å². The molecule has 3 aromatic rings. The number of morpholine rings is 1. The lowest BCUT2D eigenvalue weighted by atomic mass is 10.0. The van der Waals surface area contributed by atoms with Gasteiger partial charge in [-0.3, -0.25) is 9.59 Å². The van der Waals surface area contributed by atoms with Crippen LogP contribution in [0.5, 0.6) is 0 Å². The molecule has 4 rings (SSSR count). The summed E-state index contributed by atoms with van der Waals surface area (Å²) in [5, 5.41) is 1.25. The summed E-state index contributed by atoms with van der Waals surface area (Å²) in [5.74, 6) is 0.0733. The average molecular weight is 409 g/mol. The predicted molar refractivity (Wildman–Crippen MR) is 113 cm³/mol. The largest absolute Gasteiger partial charge is 0.378 e. The topological polar surface area (TPSA) is 59.5 Å². The second kappa shape index (κ2) is 8.31. The van der Waals surface area contributed by atoms with Gasteiger partial charge in [0, 0.05) is 30.5 Å². The Morgan fingerprint density at radius 3 is 2.52 bits per heavy atom. The van der Waals surface area contributed by atoms with Crippen molar-refractivity contribution in [2.45, 2.75) is 13.3 Å². The monoisotopic (exact) mass is 408 g/mol. The second-order valence-corrected chi connectivity index (χ2v) is 7.58. The van der Waals surface area contributed by atoms with Crippen molar-refractivity contribution >= 4 is 34.2 Å². The van der Waals surface area contributed by atoms with Crippen LogP contribution in [0.1, 0.15) is 22.8 Å². The second-order valence-electron chi connectivity index (χ2n) is 7.17. The van der Waals surface area contributed by atoms with Gasteiger partial charge in [0.2, 0.25) is 0 Å². The Bertz CT molecular complexity index is 1070. The van der Waals surface area contributed by atoms with Crippen LogP contribution in [-0.4, -0.2) is 47.9 Å². The first-order chi connectivity index (χ1) is 14.0. The lowest BCUT2D eigenvalue weighted by Gasteiger charge is -2.27. The molecule has 1 aliphatic rings. The number of nitrogens with zero attached hydrogens (tertiary/aromatic N) is 2. The highest BCUT2D eigenvalue weighted by Gasteiger charge is 2.22. The molecule has 0 spiro atoms. The van der Waals surface area contributed by atoms with Gasteiger partial charge in [-0.2, -0.15) is 0 Å². The van der Waals surface area contributed by atoms with E-state index < -0.39 is 0 Å². The Balaban J connectivity index is 1.80. The van der Waals surface area contributed by atoms with Crippen molar-refractivity contribution in [3.63, 3.8) is 0 Å². The zero-order valence-corrected chi connectivity index (χ0v) is 16.9. The number of carbonyl (C=O) groups excluding carboxylic acids is 2. The predicted octanol–water partition coefficient (Wildman–Crippen LogP) is 4.16. The number of fused-ring (bicyclic) bond motifs is 1. The highest BCUT2D eigenvalue weighted by molar-refractivity contribution is 6.35. The standard InChI is InChI=1S/C23H21ClN2O3/c1-15(27)13-16-5-7-17(8-6-16)21-14-19(23(28)26-9-11-29-12-10-26)18-3-2-4-20(24)22(18)25-21/h2-8,14H,9-13H2,1H3. The number of para-hydroxylation sites is 1. The van der Waals surface area contributed by atoms with Crippen LogP contribution in [0.25, 0.3) is 22.2 Å². The van der Waals surface area contributed by atoms with Crippen LogP contribution < -0.4 is 0 Å². The number of halogens is 1. The van der Waals surface area contributed by atoms with Crippen molar-refractivity contribution in [3.8, 4) is 11.3 Å². The molecule has 1 fully saturated rings. The molecule has 2 aromatic carbocycles. The van der Waals surface area contributed by atoms with E-state index in [1.54, 1.807) is 17.9 Å². The number of ether oxygens (including phenoxy) is 1. The fourth-order valence-corrected chi connectivity index (χ4v) is 3.77. The fraction of sp³-hybridized carbons (Fsp3) is 0.261. The zero-order chi connectivity index (χ0) is 20.4. The number of benzene rings is 2. The van der Waals surface area contributed by atoms with E-state index in [0.29, 0.717) is 54.5 Å². The van der Waals surface area contributed by atoms with E-state index in [4.69, 9.17) is 21.3 Å². The van der Waals surface area contributed by atoms with Crippen LogP contribution in [0.4, 0.5) is 0 Å². The van der Waals surface area contributed by atoms with Gasteiger partial charge in [-0.1, -0.05) is 48.0 Å². The smallest absolute Gasteiger partial charge is 0.254 e. The Morgan fingerprint density at radius 2 is 1.83 bits per heavy atom. The van der Waals surface area contributed by atoms with Crippen molar-refractivity contribution in [1.82, 2.24) is 9.88 Å². The van der Waals surface area contributed by atoms with Crippen LogP contribution >= 0.6 is 11.6 Å². The number of ketones is 1. The van der Waals surface area contributed by atoms with Gasteiger partial charge in [0.15, 0.2) is 0 Å². The number of amides is 1. The Labute approximate surface area is 174 Å². The van der Waals surface area contributed by atoms with Crippen molar-refractivity contribution in [3.05, 3.63) is 64.7 Å². The maximum Gasteiger partial charge on any atom is 0.254 e. The van der Waals surface area contributed by atoms with Crippen LogP contribution in [-0.2, 0) is 16.0 Å². The van der Waals surface area contributed by atoms with Gasteiger partial charge >= 0.3 is 0 Å². The van der Waals surface area contributed by atoms with Gasteiger partial charge in [-0.05, 0) is 24.6 Å². The summed E-state index contributed by atoms with van der Waals surface area (Å²) in [6.07, 6.45) is 0.401. The van der Waals surface area contributed by atoms with E-state index in [1.165, 1.54) is 0 Å². The van der Waals surface area contributed by atoms with E-state index in [-0.39, 0.29) is 11.7 Å². The molecular weight excluding hydrogens is 388 g/mol. The van der Waals surface area contributed by atoms with Crippen LogP contribution in [0.3, 0.4) is 0 Å². The van der Waals surface area contributed by atoms with Gasteiger partial charge in [-0.25, -0.2) is 4.98 Å². The Morgan fingerprint density at radius 1 is 1.10 bits per heavy atom. The maximum absolute atomic E-state index is 13.2. The van der Waals surface area contributed by atoms with Crippen molar-refractivity contribution < 1.29 is 14.3 Å². The first-order valence-electron chi connectivity index (χ1n) is 9.58. The fourth-order valence-electron chi connectivity index (χ4n) is 3.56. The van der Waals surface area contributed by atoms with Gasteiger partial charge < -0.3 is 9.64 Å². The lowest BCUT2D eigenvalue weighted by Crippen LogP contribution is -2.40. The summed E-state index contributed by atoms with van der Waals surface area (Å²) in [4.78, 5) is 31.1. The molecule has 0 saturated carbocycles. The molecule has 148 valence electrons. The number of hydrogen-bond acceptors (Lipinski definition) is 4. The highest BCUT2D eigenvalue weighted by Crippen LogP contribution is 2.30. The zero-order valence-electron chi connectivity index (χ0n) is 16.2. The van der Waals surface area contributed by atoms with Gasteiger partial charge in [0.1, 0.15) is 5.78 Å². The molecule has 0 N–H and O–H groups in total.